The molecule has 0 atom stereocenters. The van der Waals surface area contributed by atoms with Crippen LogP contribution in [0.4, 0.5) is 0 Å². The van der Waals surface area contributed by atoms with E-state index in [4.69, 9.17) is 4.98 Å². The molecule has 0 unspecified atom stereocenters. The van der Waals surface area contributed by atoms with Crippen LogP contribution in [-0.2, 0) is 5.54 Å². The van der Waals surface area contributed by atoms with Crippen molar-refractivity contribution in [3.63, 3.8) is 0 Å². The van der Waals surface area contributed by atoms with Crippen molar-refractivity contribution in [2.75, 3.05) is 7.05 Å². The van der Waals surface area contributed by atoms with Gasteiger partial charge in [0.05, 0.1) is 11.2 Å². The van der Waals surface area contributed by atoms with E-state index in [2.05, 4.69) is 56.2 Å². The first-order valence-corrected chi connectivity index (χ1v) is 6.54. The molecule has 0 saturated heterocycles. The Hall–Kier alpha value is -1.74. The molecule has 0 aliphatic rings. The van der Waals surface area contributed by atoms with E-state index in [1.54, 1.807) is 0 Å². The summed E-state index contributed by atoms with van der Waals surface area (Å²) in [5.41, 5.74) is 4.43. The van der Waals surface area contributed by atoms with E-state index in [0.29, 0.717) is 0 Å². The first-order valence-electron chi connectivity index (χ1n) is 6.54. The number of aromatic nitrogens is 2. The molecule has 19 heavy (non-hydrogen) atoms. The van der Waals surface area contributed by atoms with Gasteiger partial charge in [-0.05, 0) is 46.4 Å². The molecule has 0 radical (unpaired) electrons. The van der Waals surface area contributed by atoms with Gasteiger partial charge < -0.3 is 5.32 Å². The normalized spacial score (nSPS) is 11.6. The van der Waals surface area contributed by atoms with E-state index in [-0.39, 0.29) is 5.54 Å². The lowest BCUT2D eigenvalue weighted by Crippen LogP contribution is -2.35. The molecular formula is C16H21N3. The van der Waals surface area contributed by atoms with E-state index >= 15 is 0 Å². The average molecular weight is 255 g/mol. The van der Waals surface area contributed by atoms with E-state index in [1.165, 1.54) is 16.7 Å². The molecule has 0 saturated carbocycles. The Morgan fingerprint density at radius 3 is 2.47 bits per heavy atom. The molecule has 3 heteroatoms. The predicted octanol–water partition coefficient (Wildman–Crippen LogP) is 3.21. The van der Waals surface area contributed by atoms with Gasteiger partial charge in [0.2, 0.25) is 0 Å². The fourth-order valence-corrected chi connectivity index (χ4v) is 2.02. The highest BCUT2D eigenvalue weighted by molar-refractivity contribution is 5.63. The number of rotatable bonds is 3. The lowest BCUT2D eigenvalue weighted by atomic mass is 10.0. The first-order chi connectivity index (χ1) is 8.94. The highest BCUT2D eigenvalue weighted by atomic mass is 15.0. The number of hydrogen-bond acceptors (Lipinski definition) is 3. The zero-order valence-electron chi connectivity index (χ0n) is 12.3. The summed E-state index contributed by atoms with van der Waals surface area (Å²) in [7, 11) is 1.92. The second kappa shape index (κ2) is 5.10. The molecule has 3 nitrogen and oxygen atoms in total. The van der Waals surface area contributed by atoms with E-state index in [0.717, 1.165) is 11.5 Å². The van der Waals surface area contributed by atoms with E-state index in [1.807, 2.05) is 19.3 Å². The van der Waals surface area contributed by atoms with Gasteiger partial charge in [0.25, 0.3) is 0 Å². The van der Waals surface area contributed by atoms with Crippen molar-refractivity contribution in [3.05, 3.63) is 47.4 Å². The number of aryl methyl sites for hydroxylation is 2. The Kier molecular flexibility index (Phi) is 3.67. The molecule has 0 aliphatic heterocycles. The van der Waals surface area contributed by atoms with Crippen LogP contribution in [0.5, 0.6) is 0 Å². The standard InChI is InChI=1S/C16H21N3/c1-11-6-7-13(12(2)10-11)14-8-9-18-15(19-14)16(3,4)17-5/h6-10,17H,1-5H3. The summed E-state index contributed by atoms with van der Waals surface area (Å²) in [6.07, 6.45) is 1.83. The molecule has 0 fully saturated rings. The van der Waals surface area contributed by atoms with Crippen molar-refractivity contribution < 1.29 is 0 Å². The maximum absolute atomic E-state index is 4.70. The lowest BCUT2D eigenvalue weighted by molar-refractivity contribution is 0.417. The molecule has 100 valence electrons. The Morgan fingerprint density at radius 2 is 1.84 bits per heavy atom. The van der Waals surface area contributed by atoms with Crippen LogP contribution in [0, 0.1) is 13.8 Å². The summed E-state index contributed by atoms with van der Waals surface area (Å²) < 4.78 is 0. The summed E-state index contributed by atoms with van der Waals surface area (Å²) in [6, 6.07) is 8.39. The predicted molar refractivity (Wildman–Crippen MR) is 79.0 cm³/mol. The summed E-state index contributed by atoms with van der Waals surface area (Å²) >= 11 is 0. The van der Waals surface area contributed by atoms with Gasteiger partial charge in [-0.3, -0.25) is 0 Å². The van der Waals surface area contributed by atoms with Gasteiger partial charge in [-0.15, -0.1) is 0 Å². The van der Waals surface area contributed by atoms with Crippen molar-refractivity contribution in [2.24, 2.45) is 0 Å². The third-order valence-corrected chi connectivity index (χ3v) is 3.50. The van der Waals surface area contributed by atoms with Crippen LogP contribution < -0.4 is 5.32 Å². The SMILES string of the molecule is CNC(C)(C)c1nccc(-c2ccc(C)cc2C)n1. The Labute approximate surface area is 115 Å². The second-order valence-electron chi connectivity index (χ2n) is 5.46. The minimum Gasteiger partial charge on any atom is -0.308 e. The largest absolute Gasteiger partial charge is 0.308 e. The van der Waals surface area contributed by atoms with Crippen LogP contribution in [0.2, 0.25) is 0 Å². The third kappa shape index (κ3) is 2.82. The van der Waals surface area contributed by atoms with Gasteiger partial charge in [-0.1, -0.05) is 23.8 Å². The van der Waals surface area contributed by atoms with Crippen molar-refractivity contribution >= 4 is 0 Å². The molecule has 1 aromatic carbocycles. The second-order valence-corrected chi connectivity index (χ2v) is 5.46. The monoisotopic (exact) mass is 255 g/mol. The van der Waals surface area contributed by atoms with E-state index < -0.39 is 0 Å². The number of benzene rings is 1. The maximum Gasteiger partial charge on any atom is 0.148 e. The maximum atomic E-state index is 4.70. The topological polar surface area (TPSA) is 37.8 Å². The lowest BCUT2D eigenvalue weighted by Gasteiger charge is -2.22. The van der Waals surface area contributed by atoms with Crippen molar-refractivity contribution in [1.29, 1.82) is 0 Å². The Bertz CT molecular complexity index is 588. The summed E-state index contributed by atoms with van der Waals surface area (Å²) in [4.78, 5) is 9.08. The smallest absolute Gasteiger partial charge is 0.148 e. The van der Waals surface area contributed by atoms with Crippen molar-refractivity contribution in [3.8, 4) is 11.3 Å². The van der Waals surface area contributed by atoms with Crippen LogP contribution in [0.3, 0.4) is 0 Å². The molecule has 0 spiro atoms. The molecule has 1 N–H and O–H groups in total. The van der Waals surface area contributed by atoms with Crippen LogP contribution in [0.1, 0.15) is 30.8 Å². The molecule has 2 rings (SSSR count). The highest BCUT2D eigenvalue weighted by Crippen LogP contribution is 2.24. The number of nitrogens with zero attached hydrogens (tertiary/aromatic N) is 2. The zero-order valence-corrected chi connectivity index (χ0v) is 12.3. The molecule has 2 aromatic rings. The summed E-state index contributed by atoms with van der Waals surface area (Å²) in [6.45, 7) is 8.38. The summed E-state index contributed by atoms with van der Waals surface area (Å²) in [5, 5.41) is 3.24. The third-order valence-electron chi connectivity index (χ3n) is 3.50. The van der Waals surface area contributed by atoms with Gasteiger partial charge in [0.1, 0.15) is 5.82 Å². The summed E-state index contributed by atoms with van der Waals surface area (Å²) in [5.74, 6) is 0.812. The van der Waals surface area contributed by atoms with Crippen molar-refractivity contribution in [1.82, 2.24) is 15.3 Å². The van der Waals surface area contributed by atoms with Gasteiger partial charge in [-0.25, -0.2) is 9.97 Å². The van der Waals surface area contributed by atoms with E-state index in [9.17, 15) is 0 Å². The zero-order chi connectivity index (χ0) is 14.0. The molecule has 0 amide bonds. The minimum atomic E-state index is -0.228. The van der Waals surface area contributed by atoms with Gasteiger partial charge in [0, 0.05) is 11.8 Å². The molecule has 0 bridgehead atoms. The van der Waals surface area contributed by atoms with Crippen LogP contribution in [-0.4, -0.2) is 17.0 Å². The number of hydrogen-bond donors (Lipinski definition) is 1. The molecule has 0 aliphatic carbocycles. The highest BCUT2D eigenvalue weighted by Gasteiger charge is 2.21. The van der Waals surface area contributed by atoms with Crippen LogP contribution in [0.15, 0.2) is 30.5 Å². The Balaban J connectivity index is 2.49. The fourth-order valence-electron chi connectivity index (χ4n) is 2.02. The minimum absolute atomic E-state index is 0.228. The fraction of sp³-hybridized carbons (Fsp3) is 0.375. The molecular weight excluding hydrogens is 234 g/mol. The van der Waals surface area contributed by atoms with Gasteiger partial charge in [-0.2, -0.15) is 0 Å². The van der Waals surface area contributed by atoms with Gasteiger partial charge >= 0.3 is 0 Å². The molecule has 1 aromatic heterocycles. The van der Waals surface area contributed by atoms with Crippen LogP contribution in [0.25, 0.3) is 11.3 Å². The molecule has 1 heterocycles. The number of nitrogens with one attached hydrogen (secondary N) is 1. The Morgan fingerprint density at radius 1 is 1.11 bits per heavy atom. The van der Waals surface area contributed by atoms with Crippen LogP contribution >= 0.6 is 0 Å². The van der Waals surface area contributed by atoms with Gasteiger partial charge in [0.15, 0.2) is 0 Å². The quantitative estimate of drug-likeness (QED) is 0.915. The van der Waals surface area contributed by atoms with Crippen molar-refractivity contribution in [2.45, 2.75) is 33.2 Å². The average Bonchev–Trinajstić information content (AvgIpc) is 2.39. The first kappa shape index (κ1) is 13.7.